The lowest BCUT2D eigenvalue weighted by Gasteiger charge is -2.05. The lowest BCUT2D eigenvalue weighted by molar-refractivity contribution is 0.751. The molecule has 0 aliphatic carbocycles. The first kappa shape index (κ1) is 12.1. The van der Waals surface area contributed by atoms with Crippen molar-refractivity contribution in [1.82, 2.24) is 14.4 Å². The zero-order chi connectivity index (χ0) is 12.6. The molecule has 0 spiro atoms. The molecule has 2 aromatic rings. The smallest absolute Gasteiger partial charge is 0.116 e. The molecule has 0 saturated heterocycles. The van der Waals surface area contributed by atoms with E-state index in [1.54, 1.807) is 0 Å². The maximum absolute atomic E-state index is 4.79. The summed E-state index contributed by atoms with van der Waals surface area (Å²) in [5.74, 6) is 2.01. The van der Waals surface area contributed by atoms with Crippen molar-refractivity contribution in [2.75, 3.05) is 0 Å². The van der Waals surface area contributed by atoms with E-state index in [9.17, 15) is 0 Å². The normalized spacial score (nSPS) is 11.9. The predicted octanol–water partition coefficient (Wildman–Crippen LogP) is 3.54. The van der Waals surface area contributed by atoms with Gasteiger partial charge in [-0.3, -0.25) is 9.38 Å². The summed E-state index contributed by atoms with van der Waals surface area (Å²) < 4.78 is 2.21. The Morgan fingerprint density at radius 1 is 1.18 bits per heavy atom. The fourth-order valence-electron chi connectivity index (χ4n) is 2.09. The lowest BCUT2D eigenvalue weighted by atomic mass is 10.1. The maximum atomic E-state index is 4.79. The van der Waals surface area contributed by atoms with Crippen LogP contribution in [-0.4, -0.2) is 14.4 Å². The van der Waals surface area contributed by atoms with Gasteiger partial charge in [-0.1, -0.05) is 34.6 Å². The third-order valence-electron chi connectivity index (χ3n) is 3.06. The minimum Gasteiger partial charge on any atom is -0.300 e. The van der Waals surface area contributed by atoms with Crippen LogP contribution in [0.25, 0.3) is 5.52 Å². The molecule has 17 heavy (non-hydrogen) atoms. The molecule has 2 rings (SSSR count). The molecule has 0 amide bonds. The topological polar surface area (TPSA) is 30.2 Å². The van der Waals surface area contributed by atoms with Crippen LogP contribution in [0, 0.1) is 0 Å². The van der Waals surface area contributed by atoms with Crippen LogP contribution in [0.2, 0.25) is 0 Å². The Hall–Kier alpha value is -1.38. The van der Waals surface area contributed by atoms with Gasteiger partial charge in [-0.05, 0) is 12.3 Å². The monoisotopic (exact) mass is 231 g/mol. The number of hydrogen-bond acceptors (Lipinski definition) is 2. The lowest BCUT2D eigenvalue weighted by Crippen LogP contribution is -1.99. The van der Waals surface area contributed by atoms with Crippen molar-refractivity contribution >= 4 is 5.52 Å². The third kappa shape index (κ3) is 2.06. The van der Waals surface area contributed by atoms with Crippen LogP contribution >= 0.6 is 0 Å². The highest BCUT2D eigenvalue weighted by Gasteiger charge is 2.16. The summed E-state index contributed by atoms with van der Waals surface area (Å²) >= 11 is 0. The van der Waals surface area contributed by atoms with Gasteiger partial charge in [0.25, 0.3) is 0 Å². The van der Waals surface area contributed by atoms with E-state index in [1.807, 2.05) is 6.20 Å². The van der Waals surface area contributed by atoms with Crippen molar-refractivity contribution < 1.29 is 0 Å². The van der Waals surface area contributed by atoms with Gasteiger partial charge in [-0.2, -0.15) is 0 Å². The fraction of sp³-hybridized carbons (Fsp3) is 0.571. The first-order valence-electron chi connectivity index (χ1n) is 6.41. The second-order valence-corrected chi connectivity index (χ2v) is 5.15. The van der Waals surface area contributed by atoms with Crippen LogP contribution in [0.4, 0.5) is 0 Å². The molecule has 0 aliphatic rings. The summed E-state index contributed by atoms with van der Waals surface area (Å²) in [6, 6.07) is 0. The molecule has 2 heterocycles. The van der Waals surface area contributed by atoms with Crippen molar-refractivity contribution in [2.24, 2.45) is 0 Å². The Morgan fingerprint density at radius 2 is 1.88 bits per heavy atom. The Morgan fingerprint density at radius 3 is 2.41 bits per heavy atom. The zero-order valence-corrected chi connectivity index (χ0v) is 11.4. The third-order valence-corrected chi connectivity index (χ3v) is 3.06. The van der Waals surface area contributed by atoms with Crippen molar-refractivity contribution in [2.45, 2.75) is 52.9 Å². The van der Waals surface area contributed by atoms with Crippen LogP contribution < -0.4 is 0 Å². The van der Waals surface area contributed by atoms with Gasteiger partial charge >= 0.3 is 0 Å². The number of imidazole rings is 1. The van der Waals surface area contributed by atoms with Crippen molar-refractivity contribution in [3.8, 4) is 0 Å². The molecule has 92 valence electrons. The van der Waals surface area contributed by atoms with Gasteiger partial charge in [0.2, 0.25) is 0 Å². The van der Waals surface area contributed by atoms with E-state index in [0.717, 1.165) is 29.1 Å². The SMILES string of the molecule is CCc1cn2c(C(C)C)nc(C(C)C)c2cn1. The highest BCUT2D eigenvalue weighted by Crippen LogP contribution is 2.24. The molecule has 3 heteroatoms. The van der Waals surface area contributed by atoms with Crippen LogP contribution in [0.3, 0.4) is 0 Å². The predicted molar refractivity (Wildman–Crippen MR) is 70.5 cm³/mol. The number of rotatable bonds is 3. The minimum absolute atomic E-state index is 0.433. The van der Waals surface area contributed by atoms with Gasteiger partial charge in [-0.25, -0.2) is 4.98 Å². The number of aromatic nitrogens is 3. The van der Waals surface area contributed by atoms with Crippen LogP contribution in [0.1, 0.15) is 63.7 Å². The summed E-state index contributed by atoms with van der Waals surface area (Å²) in [6.45, 7) is 10.9. The van der Waals surface area contributed by atoms with E-state index in [4.69, 9.17) is 4.98 Å². The molecule has 0 aliphatic heterocycles. The van der Waals surface area contributed by atoms with E-state index >= 15 is 0 Å². The molecule has 0 aromatic carbocycles. The Bertz CT molecular complexity index is 523. The van der Waals surface area contributed by atoms with Gasteiger partial charge in [0.1, 0.15) is 5.82 Å². The number of aryl methyl sites for hydroxylation is 1. The summed E-state index contributed by atoms with van der Waals surface area (Å²) in [5.41, 5.74) is 3.43. The standard InChI is InChI=1S/C14H21N3/c1-6-11-8-17-12(7-15-11)13(9(2)3)16-14(17)10(4)5/h7-10H,6H2,1-5H3. The fourth-order valence-corrected chi connectivity index (χ4v) is 2.09. The largest absolute Gasteiger partial charge is 0.300 e. The van der Waals surface area contributed by atoms with E-state index in [0.29, 0.717) is 11.8 Å². The Kier molecular flexibility index (Phi) is 3.18. The summed E-state index contributed by atoms with van der Waals surface area (Å²) in [6.07, 6.45) is 5.05. The maximum Gasteiger partial charge on any atom is 0.116 e. The second kappa shape index (κ2) is 4.47. The van der Waals surface area contributed by atoms with Crippen molar-refractivity contribution in [3.63, 3.8) is 0 Å². The minimum atomic E-state index is 0.433. The first-order valence-corrected chi connectivity index (χ1v) is 6.41. The van der Waals surface area contributed by atoms with Gasteiger partial charge in [0.15, 0.2) is 0 Å². The Balaban J connectivity index is 2.72. The number of nitrogens with zero attached hydrogens (tertiary/aromatic N) is 3. The second-order valence-electron chi connectivity index (χ2n) is 5.15. The van der Waals surface area contributed by atoms with Crippen LogP contribution in [0.5, 0.6) is 0 Å². The number of fused-ring (bicyclic) bond motifs is 1. The molecule has 2 aromatic heterocycles. The van der Waals surface area contributed by atoms with E-state index < -0.39 is 0 Å². The molecule has 0 atom stereocenters. The van der Waals surface area contributed by atoms with Gasteiger partial charge in [0, 0.05) is 12.1 Å². The first-order chi connectivity index (χ1) is 8.04. The summed E-state index contributed by atoms with van der Waals surface area (Å²) in [5, 5.41) is 0. The highest BCUT2D eigenvalue weighted by atomic mass is 15.0. The molecule has 0 radical (unpaired) electrons. The van der Waals surface area contributed by atoms with Gasteiger partial charge in [0.05, 0.1) is 23.1 Å². The average Bonchev–Trinajstić information content (AvgIpc) is 2.67. The summed E-state index contributed by atoms with van der Waals surface area (Å²) in [4.78, 5) is 9.27. The molecule has 0 fully saturated rings. The molecule has 0 bridgehead atoms. The van der Waals surface area contributed by atoms with Crippen molar-refractivity contribution in [1.29, 1.82) is 0 Å². The van der Waals surface area contributed by atoms with E-state index in [-0.39, 0.29) is 0 Å². The van der Waals surface area contributed by atoms with Crippen LogP contribution in [0.15, 0.2) is 12.4 Å². The average molecular weight is 231 g/mol. The molecule has 0 saturated carbocycles. The van der Waals surface area contributed by atoms with Crippen LogP contribution in [-0.2, 0) is 6.42 Å². The quantitative estimate of drug-likeness (QED) is 0.808. The van der Waals surface area contributed by atoms with E-state index in [2.05, 4.69) is 50.2 Å². The molecular weight excluding hydrogens is 210 g/mol. The molecular formula is C14H21N3. The van der Waals surface area contributed by atoms with Gasteiger partial charge < -0.3 is 0 Å². The summed E-state index contributed by atoms with van der Waals surface area (Å²) in [7, 11) is 0. The molecule has 3 nitrogen and oxygen atoms in total. The molecule has 0 unspecified atom stereocenters. The Labute approximate surface area is 103 Å². The molecule has 0 N–H and O–H groups in total. The van der Waals surface area contributed by atoms with E-state index in [1.165, 1.54) is 0 Å². The number of hydrogen-bond donors (Lipinski definition) is 0. The highest BCUT2D eigenvalue weighted by molar-refractivity contribution is 5.53. The van der Waals surface area contributed by atoms with Crippen molar-refractivity contribution in [3.05, 3.63) is 29.6 Å². The zero-order valence-electron chi connectivity index (χ0n) is 11.4. The van der Waals surface area contributed by atoms with Gasteiger partial charge in [-0.15, -0.1) is 0 Å².